The molecule has 0 aliphatic carbocycles. The minimum atomic E-state index is -3.86. The fourth-order valence-corrected chi connectivity index (χ4v) is 5.25. The van der Waals surface area contributed by atoms with Gasteiger partial charge in [0.15, 0.2) is 0 Å². The van der Waals surface area contributed by atoms with Gasteiger partial charge in [-0.15, -0.1) is 0 Å². The summed E-state index contributed by atoms with van der Waals surface area (Å²) >= 11 is 12.4. The van der Waals surface area contributed by atoms with Crippen molar-refractivity contribution < 1.29 is 18.0 Å². The molecular formula is C21H22Cl2N4O4S. The molecule has 11 heteroatoms. The SMILES string of the molecule is O=C1CCc2cc(S(=O)(=O)NCC(=O)N3CCN(c4cccc(Cl)c4Cl)CC3)ccc2N1. The third-order valence-corrected chi connectivity index (χ3v) is 7.81. The number of hydrogen-bond donors (Lipinski definition) is 2. The van der Waals surface area contributed by atoms with Crippen molar-refractivity contribution in [3.8, 4) is 0 Å². The smallest absolute Gasteiger partial charge is 0.241 e. The summed E-state index contributed by atoms with van der Waals surface area (Å²) in [7, 11) is -3.86. The molecule has 170 valence electrons. The molecule has 1 fully saturated rings. The Balaban J connectivity index is 1.34. The van der Waals surface area contributed by atoms with Crippen molar-refractivity contribution in [1.29, 1.82) is 0 Å². The molecule has 0 aromatic heterocycles. The van der Waals surface area contributed by atoms with Gasteiger partial charge in [0.2, 0.25) is 21.8 Å². The number of fused-ring (bicyclic) bond motifs is 1. The van der Waals surface area contributed by atoms with Crippen LogP contribution in [0.3, 0.4) is 0 Å². The molecule has 0 radical (unpaired) electrons. The topological polar surface area (TPSA) is 98.8 Å². The van der Waals surface area contributed by atoms with E-state index in [9.17, 15) is 18.0 Å². The first kappa shape index (κ1) is 22.8. The number of anilines is 2. The minimum Gasteiger partial charge on any atom is -0.367 e. The Bertz CT molecular complexity index is 1160. The van der Waals surface area contributed by atoms with E-state index >= 15 is 0 Å². The van der Waals surface area contributed by atoms with Crippen LogP contribution in [0.4, 0.5) is 11.4 Å². The number of sulfonamides is 1. The molecule has 1 saturated heterocycles. The predicted octanol–water partition coefficient (Wildman–Crippen LogP) is 2.51. The molecule has 2 aliphatic rings. The maximum Gasteiger partial charge on any atom is 0.241 e. The summed E-state index contributed by atoms with van der Waals surface area (Å²) < 4.78 is 27.7. The molecule has 0 unspecified atom stereocenters. The van der Waals surface area contributed by atoms with E-state index in [0.29, 0.717) is 54.8 Å². The van der Waals surface area contributed by atoms with Crippen LogP contribution in [-0.4, -0.2) is 57.9 Å². The van der Waals surface area contributed by atoms with Gasteiger partial charge in [-0.1, -0.05) is 29.3 Å². The Morgan fingerprint density at radius 2 is 1.81 bits per heavy atom. The van der Waals surface area contributed by atoms with Crippen molar-refractivity contribution in [1.82, 2.24) is 9.62 Å². The summed E-state index contributed by atoms with van der Waals surface area (Å²) in [6.45, 7) is 1.70. The molecule has 2 heterocycles. The van der Waals surface area contributed by atoms with Crippen LogP contribution in [-0.2, 0) is 26.0 Å². The number of piperazine rings is 1. The second kappa shape index (κ2) is 9.27. The number of nitrogens with one attached hydrogen (secondary N) is 2. The van der Waals surface area contributed by atoms with Crippen LogP contribution in [0.5, 0.6) is 0 Å². The molecule has 2 aliphatic heterocycles. The number of halogens is 2. The van der Waals surface area contributed by atoms with E-state index in [-0.39, 0.29) is 23.3 Å². The van der Waals surface area contributed by atoms with Crippen LogP contribution >= 0.6 is 23.2 Å². The summed E-state index contributed by atoms with van der Waals surface area (Å²) in [5, 5.41) is 3.67. The molecule has 2 amide bonds. The van der Waals surface area contributed by atoms with E-state index in [2.05, 4.69) is 10.0 Å². The molecule has 2 N–H and O–H groups in total. The van der Waals surface area contributed by atoms with Crippen LogP contribution in [0.15, 0.2) is 41.3 Å². The van der Waals surface area contributed by atoms with Gasteiger partial charge in [-0.05, 0) is 42.3 Å². The first-order valence-corrected chi connectivity index (χ1v) is 12.4. The van der Waals surface area contributed by atoms with Crippen molar-refractivity contribution in [2.75, 3.05) is 42.9 Å². The van der Waals surface area contributed by atoms with Gasteiger partial charge in [0.25, 0.3) is 0 Å². The summed E-state index contributed by atoms with van der Waals surface area (Å²) in [6.07, 6.45) is 0.791. The highest BCUT2D eigenvalue weighted by molar-refractivity contribution is 7.89. The zero-order valence-corrected chi connectivity index (χ0v) is 19.4. The number of carbonyl (C=O) groups excluding carboxylic acids is 2. The van der Waals surface area contributed by atoms with Crippen molar-refractivity contribution in [3.05, 3.63) is 52.0 Å². The number of hydrogen-bond acceptors (Lipinski definition) is 5. The van der Waals surface area contributed by atoms with Crippen LogP contribution < -0.4 is 14.9 Å². The Labute approximate surface area is 196 Å². The number of aryl methyl sites for hydroxylation is 1. The monoisotopic (exact) mass is 496 g/mol. The van der Waals surface area contributed by atoms with E-state index < -0.39 is 10.0 Å². The molecule has 8 nitrogen and oxygen atoms in total. The van der Waals surface area contributed by atoms with Crippen LogP contribution in [0.25, 0.3) is 0 Å². The van der Waals surface area contributed by atoms with Gasteiger partial charge in [0.05, 0.1) is 27.2 Å². The van der Waals surface area contributed by atoms with Gasteiger partial charge >= 0.3 is 0 Å². The molecule has 4 rings (SSSR count). The minimum absolute atomic E-state index is 0.0700. The molecular weight excluding hydrogens is 475 g/mol. The van der Waals surface area contributed by atoms with Crippen LogP contribution in [0.1, 0.15) is 12.0 Å². The average molecular weight is 497 g/mol. The Hall–Kier alpha value is -2.33. The van der Waals surface area contributed by atoms with Gasteiger partial charge in [0.1, 0.15) is 0 Å². The van der Waals surface area contributed by atoms with Gasteiger partial charge in [-0.3, -0.25) is 9.59 Å². The molecule has 0 spiro atoms. The quantitative estimate of drug-likeness (QED) is 0.662. The number of nitrogens with zero attached hydrogens (tertiary/aromatic N) is 2. The van der Waals surface area contributed by atoms with Gasteiger partial charge < -0.3 is 15.1 Å². The first-order valence-electron chi connectivity index (χ1n) is 10.1. The van der Waals surface area contributed by atoms with Crippen LogP contribution in [0.2, 0.25) is 10.0 Å². The fraction of sp³-hybridized carbons (Fsp3) is 0.333. The molecule has 32 heavy (non-hydrogen) atoms. The van der Waals surface area contributed by atoms with Crippen molar-refractivity contribution in [2.24, 2.45) is 0 Å². The summed E-state index contributed by atoms with van der Waals surface area (Å²) in [6, 6.07) is 9.95. The Morgan fingerprint density at radius 3 is 2.56 bits per heavy atom. The Kier molecular flexibility index (Phi) is 6.62. The molecule has 0 saturated carbocycles. The Morgan fingerprint density at radius 1 is 1.06 bits per heavy atom. The lowest BCUT2D eigenvalue weighted by Gasteiger charge is -2.36. The van der Waals surface area contributed by atoms with Crippen molar-refractivity contribution in [3.63, 3.8) is 0 Å². The molecule has 2 aromatic rings. The third kappa shape index (κ3) is 4.85. The normalized spacial score (nSPS) is 16.5. The number of benzene rings is 2. The van der Waals surface area contributed by atoms with Gasteiger partial charge in [0, 0.05) is 38.3 Å². The lowest BCUT2D eigenvalue weighted by molar-refractivity contribution is -0.130. The van der Waals surface area contributed by atoms with Crippen molar-refractivity contribution in [2.45, 2.75) is 17.7 Å². The largest absolute Gasteiger partial charge is 0.367 e. The molecule has 2 aromatic carbocycles. The second-order valence-corrected chi connectivity index (χ2v) is 10.2. The third-order valence-electron chi connectivity index (χ3n) is 5.60. The van der Waals surface area contributed by atoms with E-state index in [1.165, 1.54) is 12.1 Å². The zero-order chi connectivity index (χ0) is 22.9. The van der Waals surface area contributed by atoms with E-state index in [1.54, 1.807) is 17.0 Å². The highest BCUT2D eigenvalue weighted by atomic mass is 35.5. The summed E-state index contributed by atoms with van der Waals surface area (Å²) in [5.74, 6) is -0.384. The van der Waals surface area contributed by atoms with E-state index in [0.717, 1.165) is 11.3 Å². The molecule has 0 bridgehead atoms. The fourth-order valence-electron chi connectivity index (χ4n) is 3.81. The summed E-state index contributed by atoms with van der Waals surface area (Å²) in [5.41, 5.74) is 2.19. The highest BCUT2D eigenvalue weighted by Gasteiger charge is 2.25. The highest BCUT2D eigenvalue weighted by Crippen LogP contribution is 2.33. The lowest BCUT2D eigenvalue weighted by atomic mass is 10.0. The van der Waals surface area contributed by atoms with Crippen molar-refractivity contribution >= 4 is 56.4 Å². The predicted molar refractivity (Wildman–Crippen MR) is 124 cm³/mol. The molecule has 0 atom stereocenters. The standard InChI is InChI=1S/C21H22Cl2N4O4S/c22-16-2-1-3-18(21(16)23)26-8-10-27(11-9-26)20(29)13-24-32(30,31)15-5-6-17-14(12-15)4-7-19(28)25-17/h1-3,5-6,12,24H,4,7-11,13H2,(H,25,28). The summed E-state index contributed by atoms with van der Waals surface area (Å²) in [4.78, 5) is 27.8. The lowest BCUT2D eigenvalue weighted by Crippen LogP contribution is -2.51. The van der Waals surface area contributed by atoms with Crippen LogP contribution in [0, 0.1) is 0 Å². The number of rotatable bonds is 5. The second-order valence-electron chi connectivity index (χ2n) is 7.63. The number of carbonyl (C=O) groups is 2. The van der Waals surface area contributed by atoms with E-state index in [4.69, 9.17) is 23.2 Å². The van der Waals surface area contributed by atoms with E-state index in [1.807, 2.05) is 17.0 Å². The maximum absolute atomic E-state index is 12.7. The maximum atomic E-state index is 12.7. The zero-order valence-electron chi connectivity index (χ0n) is 17.1. The number of amides is 2. The average Bonchev–Trinajstić information content (AvgIpc) is 2.79. The first-order chi connectivity index (χ1) is 15.2. The van der Waals surface area contributed by atoms with Gasteiger partial charge in [-0.25, -0.2) is 13.1 Å². The van der Waals surface area contributed by atoms with Gasteiger partial charge in [-0.2, -0.15) is 0 Å².